The minimum atomic E-state index is -4.38. The molecular formula is C28H28F3N7O2. The Morgan fingerprint density at radius 2 is 1.82 bits per heavy atom. The molecule has 0 atom stereocenters. The smallest absolute Gasteiger partial charge is 0.365 e. The molecule has 1 aromatic carbocycles. The van der Waals surface area contributed by atoms with Crippen molar-refractivity contribution in [2.45, 2.75) is 50.4 Å². The lowest BCUT2D eigenvalue weighted by Crippen LogP contribution is -2.46. The summed E-state index contributed by atoms with van der Waals surface area (Å²) < 4.78 is 40.1. The van der Waals surface area contributed by atoms with Crippen LogP contribution in [0.25, 0.3) is 11.3 Å². The van der Waals surface area contributed by atoms with E-state index in [1.54, 1.807) is 16.9 Å². The number of hydrogen-bond acceptors (Lipinski definition) is 6. The number of nitriles is 1. The molecule has 40 heavy (non-hydrogen) atoms. The number of anilines is 1. The summed E-state index contributed by atoms with van der Waals surface area (Å²) in [6, 6.07) is 10.8. The first-order valence-corrected chi connectivity index (χ1v) is 13.0. The van der Waals surface area contributed by atoms with E-state index < -0.39 is 23.2 Å². The van der Waals surface area contributed by atoms with Crippen LogP contribution in [-0.2, 0) is 23.1 Å². The molecule has 1 saturated heterocycles. The Kier molecular flexibility index (Phi) is 7.33. The molecule has 3 heterocycles. The maximum atomic E-state index is 12.8. The van der Waals surface area contributed by atoms with Gasteiger partial charge in [-0.1, -0.05) is 18.2 Å². The van der Waals surface area contributed by atoms with Gasteiger partial charge in [-0.3, -0.25) is 24.2 Å². The van der Waals surface area contributed by atoms with Gasteiger partial charge in [-0.15, -0.1) is 0 Å². The number of hydrogen-bond donors (Lipinski definition) is 2. The van der Waals surface area contributed by atoms with Crippen molar-refractivity contribution in [1.29, 1.82) is 5.26 Å². The van der Waals surface area contributed by atoms with Crippen LogP contribution in [0.15, 0.2) is 48.8 Å². The summed E-state index contributed by atoms with van der Waals surface area (Å²) in [5.41, 5.74) is 6.45. The van der Waals surface area contributed by atoms with Crippen molar-refractivity contribution in [3.05, 3.63) is 65.5 Å². The third-order valence-corrected chi connectivity index (χ3v) is 7.59. The maximum absolute atomic E-state index is 12.8. The highest BCUT2D eigenvalue weighted by atomic mass is 19.4. The SMILES string of the molecule is N#CCC1(n2cc(C(N)=O)c(NC(=O)C3CC3)n2)CCN(Cc2ccc(-c3ccc(C(F)(F)F)cc3)nc2)CC1. The van der Waals surface area contributed by atoms with Crippen LogP contribution in [0.1, 0.15) is 53.6 Å². The Labute approximate surface area is 228 Å². The molecule has 1 aliphatic carbocycles. The molecule has 0 radical (unpaired) electrons. The molecule has 12 heteroatoms. The third kappa shape index (κ3) is 5.84. The van der Waals surface area contributed by atoms with E-state index in [-0.39, 0.29) is 29.6 Å². The number of nitrogens with zero attached hydrogens (tertiary/aromatic N) is 5. The van der Waals surface area contributed by atoms with Crippen molar-refractivity contribution in [3.8, 4) is 17.3 Å². The Morgan fingerprint density at radius 3 is 2.38 bits per heavy atom. The number of nitrogens with two attached hydrogens (primary N) is 1. The molecule has 3 aromatic rings. The molecule has 1 saturated carbocycles. The summed E-state index contributed by atoms with van der Waals surface area (Å²) in [5.74, 6) is -0.826. The topological polar surface area (TPSA) is 130 Å². The van der Waals surface area contributed by atoms with Crippen LogP contribution in [-0.4, -0.2) is 44.6 Å². The lowest BCUT2D eigenvalue weighted by atomic mass is 9.84. The minimum absolute atomic E-state index is 0.0688. The van der Waals surface area contributed by atoms with E-state index >= 15 is 0 Å². The predicted molar refractivity (Wildman–Crippen MR) is 139 cm³/mol. The van der Waals surface area contributed by atoms with E-state index in [0.717, 1.165) is 30.5 Å². The van der Waals surface area contributed by atoms with Crippen LogP contribution in [0.3, 0.4) is 0 Å². The van der Waals surface area contributed by atoms with Gasteiger partial charge in [-0.25, -0.2) is 0 Å². The standard InChI is InChI=1S/C28H28F3N7O2/c29-28(30,31)21-6-4-19(5-7-21)23-8-1-18(15-34-23)16-37-13-10-27(9-12-32,11-14-37)38-17-22(24(33)39)25(36-38)35-26(40)20-2-3-20/h1,4-8,15,17,20H,2-3,9-11,13-14,16H2,(H2,33,39)(H,35,36,40). The molecule has 0 spiro atoms. The number of pyridine rings is 1. The fraction of sp³-hybridized carbons (Fsp3) is 0.393. The zero-order chi connectivity index (χ0) is 28.5. The summed E-state index contributed by atoms with van der Waals surface area (Å²) in [5, 5.41) is 16.8. The van der Waals surface area contributed by atoms with Gasteiger partial charge in [-0.05, 0) is 49.4 Å². The average molecular weight is 552 g/mol. The summed E-state index contributed by atoms with van der Waals surface area (Å²) in [6.07, 6.45) is 1.83. The van der Waals surface area contributed by atoms with Crippen molar-refractivity contribution < 1.29 is 22.8 Å². The number of amides is 2. The molecule has 3 N–H and O–H groups in total. The van der Waals surface area contributed by atoms with E-state index in [2.05, 4.69) is 26.4 Å². The molecule has 9 nitrogen and oxygen atoms in total. The van der Waals surface area contributed by atoms with Crippen molar-refractivity contribution in [3.63, 3.8) is 0 Å². The highest BCUT2D eigenvalue weighted by molar-refractivity contribution is 6.02. The first-order chi connectivity index (χ1) is 19.1. The van der Waals surface area contributed by atoms with Crippen molar-refractivity contribution in [2.24, 2.45) is 11.7 Å². The number of carbonyl (C=O) groups is 2. The first-order valence-electron chi connectivity index (χ1n) is 13.0. The molecule has 0 unspecified atom stereocenters. The second-order valence-corrected chi connectivity index (χ2v) is 10.4. The van der Waals surface area contributed by atoms with Gasteiger partial charge in [0.05, 0.1) is 29.3 Å². The van der Waals surface area contributed by atoms with Crippen molar-refractivity contribution >= 4 is 17.6 Å². The number of nitrogens with one attached hydrogen (secondary N) is 1. The number of rotatable bonds is 8. The van der Waals surface area contributed by atoms with Gasteiger partial charge in [0.2, 0.25) is 5.91 Å². The number of carbonyl (C=O) groups excluding carboxylic acids is 2. The number of likely N-dealkylation sites (tertiary alicyclic amines) is 1. The van der Waals surface area contributed by atoms with E-state index in [0.29, 0.717) is 43.7 Å². The van der Waals surface area contributed by atoms with Gasteiger partial charge in [0.25, 0.3) is 5.91 Å². The second-order valence-electron chi connectivity index (χ2n) is 10.4. The molecule has 5 rings (SSSR count). The number of halogens is 3. The summed E-state index contributed by atoms with van der Waals surface area (Å²) in [4.78, 5) is 31.0. The number of aromatic nitrogens is 3. The summed E-state index contributed by atoms with van der Waals surface area (Å²) in [6.45, 7) is 1.91. The molecule has 1 aliphatic heterocycles. The van der Waals surface area contributed by atoms with Gasteiger partial charge < -0.3 is 11.1 Å². The highest BCUT2D eigenvalue weighted by Crippen LogP contribution is 2.36. The minimum Gasteiger partial charge on any atom is -0.365 e. The molecule has 2 aromatic heterocycles. The molecule has 2 aliphatic rings. The fourth-order valence-electron chi connectivity index (χ4n) is 4.99. The summed E-state index contributed by atoms with van der Waals surface area (Å²) >= 11 is 0. The molecule has 208 valence electrons. The Balaban J connectivity index is 1.25. The van der Waals surface area contributed by atoms with Gasteiger partial charge >= 0.3 is 6.18 Å². The van der Waals surface area contributed by atoms with Crippen LogP contribution in [0.4, 0.5) is 19.0 Å². The van der Waals surface area contributed by atoms with Gasteiger partial charge in [-0.2, -0.15) is 23.5 Å². The largest absolute Gasteiger partial charge is 0.416 e. The number of primary amides is 1. The Bertz CT molecular complexity index is 1430. The van der Waals surface area contributed by atoms with Gasteiger partial charge in [0.1, 0.15) is 5.56 Å². The molecule has 0 bridgehead atoms. The number of benzene rings is 1. The maximum Gasteiger partial charge on any atom is 0.416 e. The molecule has 2 fully saturated rings. The Morgan fingerprint density at radius 1 is 1.12 bits per heavy atom. The lowest BCUT2D eigenvalue weighted by molar-refractivity contribution is -0.137. The van der Waals surface area contributed by atoms with Crippen LogP contribution >= 0.6 is 0 Å². The zero-order valence-corrected chi connectivity index (χ0v) is 21.6. The monoisotopic (exact) mass is 551 g/mol. The van der Waals surface area contributed by atoms with E-state index in [1.165, 1.54) is 18.3 Å². The van der Waals surface area contributed by atoms with E-state index in [4.69, 9.17) is 5.73 Å². The van der Waals surface area contributed by atoms with Crippen LogP contribution in [0.2, 0.25) is 0 Å². The summed E-state index contributed by atoms with van der Waals surface area (Å²) in [7, 11) is 0. The van der Waals surface area contributed by atoms with Crippen molar-refractivity contribution in [2.75, 3.05) is 18.4 Å². The molecule has 2 amide bonds. The Hall–Kier alpha value is -4.24. The molecular weight excluding hydrogens is 523 g/mol. The zero-order valence-electron chi connectivity index (χ0n) is 21.6. The lowest BCUT2D eigenvalue weighted by Gasteiger charge is -2.40. The van der Waals surface area contributed by atoms with Crippen LogP contribution < -0.4 is 11.1 Å². The van der Waals surface area contributed by atoms with Crippen molar-refractivity contribution in [1.82, 2.24) is 19.7 Å². The predicted octanol–water partition coefficient (Wildman–Crippen LogP) is 4.32. The average Bonchev–Trinajstić information content (AvgIpc) is 3.70. The number of alkyl halides is 3. The van der Waals surface area contributed by atoms with Crippen LogP contribution in [0.5, 0.6) is 0 Å². The fourth-order valence-corrected chi connectivity index (χ4v) is 4.99. The van der Waals surface area contributed by atoms with Gasteiger partial charge in [0.15, 0.2) is 5.82 Å². The quantitative estimate of drug-likeness (QED) is 0.429. The normalized spacial score (nSPS) is 17.2. The van der Waals surface area contributed by atoms with E-state index in [1.807, 2.05) is 6.07 Å². The first kappa shape index (κ1) is 27.3. The number of piperidine rings is 1. The van der Waals surface area contributed by atoms with E-state index in [9.17, 15) is 28.0 Å². The van der Waals surface area contributed by atoms with Gasteiger partial charge in [0, 0.05) is 43.5 Å². The highest BCUT2D eigenvalue weighted by Gasteiger charge is 2.39. The second kappa shape index (κ2) is 10.7. The van der Waals surface area contributed by atoms with Crippen LogP contribution in [0, 0.1) is 17.2 Å². The third-order valence-electron chi connectivity index (χ3n) is 7.59.